The molecule has 0 aromatic heterocycles. The summed E-state index contributed by atoms with van der Waals surface area (Å²) < 4.78 is 13.1. The van der Waals surface area contributed by atoms with Crippen LogP contribution in [0.4, 0.5) is 4.39 Å². The summed E-state index contributed by atoms with van der Waals surface area (Å²) in [6, 6.07) is 3.22. The molecule has 2 nitrogen and oxygen atoms in total. The van der Waals surface area contributed by atoms with Gasteiger partial charge in [-0.2, -0.15) is 0 Å². The molecule has 2 N–H and O–H groups in total. The topological polar surface area (TPSA) is 40.5 Å². The van der Waals surface area contributed by atoms with Crippen LogP contribution in [-0.2, 0) is 6.42 Å². The van der Waals surface area contributed by atoms with Crippen LogP contribution in [0.3, 0.4) is 0 Å². The van der Waals surface area contributed by atoms with Gasteiger partial charge in [-0.25, -0.2) is 4.39 Å². The van der Waals surface area contributed by atoms with Crippen molar-refractivity contribution in [3.8, 4) is 5.75 Å². The number of hydrogen-bond acceptors (Lipinski definition) is 2. The minimum Gasteiger partial charge on any atom is -0.505 e. The molecule has 1 aromatic carbocycles. The van der Waals surface area contributed by atoms with Crippen LogP contribution in [0.25, 0.3) is 0 Å². The largest absolute Gasteiger partial charge is 0.505 e. The van der Waals surface area contributed by atoms with Crippen molar-refractivity contribution in [3.05, 3.63) is 29.1 Å². The van der Waals surface area contributed by atoms with Gasteiger partial charge in [0.05, 0.1) is 6.10 Å². The maximum atomic E-state index is 13.1. The third-order valence-corrected chi connectivity index (χ3v) is 1.91. The van der Waals surface area contributed by atoms with Crippen molar-refractivity contribution in [1.29, 1.82) is 0 Å². The van der Waals surface area contributed by atoms with E-state index in [0.29, 0.717) is 11.1 Å². The van der Waals surface area contributed by atoms with Gasteiger partial charge in [-0.15, -0.1) is 0 Å². The monoisotopic (exact) mass is 184 g/mol. The maximum absolute atomic E-state index is 13.1. The number of rotatable bonds is 2. The van der Waals surface area contributed by atoms with Gasteiger partial charge in [0.1, 0.15) is 0 Å². The normalized spacial score (nSPS) is 12.9. The fourth-order valence-corrected chi connectivity index (χ4v) is 1.19. The Labute approximate surface area is 76.6 Å². The molecule has 1 unspecified atom stereocenters. The van der Waals surface area contributed by atoms with E-state index in [0.717, 1.165) is 0 Å². The van der Waals surface area contributed by atoms with Crippen LogP contribution in [0.2, 0.25) is 0 Å². The van der Waals surface area contributed by atoms with Gasteiger partial charge in [-0.3, -0.25) is 0 Å². The predicted octanol–water partition coefficient (Wildman–Crippen LogP) is 1.76. The zero-order valence-corrected chi connectivity index (χ0v) is 7.71. The Bertz CT molecular complexity index is 308. The van der Waals surface area contributed by atoms with Crippen LogP contribution in [-0.4, -0.2) is 16.3 Å². The molecular formula is C10H13FO2. The second kappa shape index (κ2) is 3.75. The van der Waals surface area contributed by atoms with Crippen LogP contribution in [0.1, 0.15) is 18.1 Å². The molecule has 0 heterocycles. The Kier molecular flexibility index (Phi) is 2.88. The first-order valence-electron chi connectivity index (χ1n) is 4.17. The average molecular weight is 184 g/mol. The van der Waals surface area contributed by atoms with Crippen molar-refractivity contribution < 1.29 is 14.6 Å². The average Bonchev–Trinajstić information content (AvgIpc) is 2.06. The van der Waals surface area contributed by atoms with Gasteiger partial charge in [0.25, 0.3) is 0 Å². The van der Waals surface area contributed by atoms with Gasteiger partial charge < -0.3 is 10.2 Å². The summed E-state index contributed by atoms with van der Waals surface area (Å²) in [6.45, 7) is 3.18. The highest BCUT2D eigenvalue weighted by atomic mass is 19.1. The number of aromatic hydroxyl groups is 1. The molecule has 13 heavy (non-hydrogen) atoms. The van der Waals surface area contributed by atoms with Gasteiger partial charge in [-0.05, 0) is 25.0 Å². The molecule has 0 bridgehead atoms. The first-order chi connectivity index (χ1) is 6.02. The van der Waals surface area contributed by atoms with E-state index in [1.807, 2.05) is 0 Å². The van der Waals surface area contributed by atoms with E-state index in [1.54, 1.807) is 26.0 Å². The Morgan fingerprint density at radius 1 is 1.46 bits per heavy atom. The van der Waals surface area contributed by atoms with E-state index in [2.05, 4.69) is 0 Å². The maximum Gasteiger partial charge on any atom is 0.167 e. The molecule has 1 aromatic rings. The zero-order valence-electron chi connectivity index (χ0n) is 7.71. The van der Waals surface area contributed by atoms with E-state index in [9.17, 15) is 9.50 Å². The number of aliphatic hydroxyl groups is 1. The van der Waals surface area contributed by atoms with Crippen LogP contribution >= 0.6 is 0 Å². The molecule has 1 rings (SSSR count). The van der Waals surface area contributed by atoms with Gasteiger partial charge in [0.15, 0.2) is 11.6 Å². The number of phenols is 1. The Morgan fingerprint density at radius 3 is 2.62 bits per heavy atom. The molecule has 0 aliphatic heterocycles. The molecule has 3 heteroatoms. The Hall–Kier alpha value is -1.09. The Balaban J connectivity index is 3.04. The molecule has 1 atom stereocenters. The lowest BCUT2D eigenvalue weighted by molar-refractivity contribution is 0.194. The second-order valence-electron chi connectivity index (χ2n) is 3.26. The summed E-state index contributed by atoms with van der Waals surface area (Å²) in [7, 11) is 0. The van der Waals surface area contributed by atoms with Gasteiger partial charge in [0, 0.05) is 6.42 Å². The minimum atomic E-state index is -0.599. The summed E-state index contributed by atoms with van der Waals surface area (Å²) in [5, 5.41) is 18.4. The number of aliphatic hydroxyl groups excluding tert-OH is 1. The molecule has 0 aliphatic carbocycles. The molecule has 0 amide bonds. The quantitative estimate of drug-likeness (QED) is 0.735. The first-order valence-corrected chi connectivity index (χ1v) is 4.17. The Morgan fingerprint density at radius 2 is 2.08 bits per heavy atom. The lowest BCUT2D eigenvalue weighted by Crippen LogP contribution is -2.05. The fourth-order valence-electron chi connectivity index (χ4n) is 1.19. The first kappa shape index (κ1) is 9.99. The molecular weight excluding hydrogens is 171 g/mol. The number of hydrogen-bond donors (Lipinski definition) is 2. The second-order valence-corrected chi connectivity index (χ2v) is 3.26. The molecule has 0 saturated heterocycles. The van der Waals surface area contributed by atoms with E-state index >= 15 is 0 Å². The summed E-state index contributed by atoms with van der Waals surface area (Å²) in [6.07, 6.45) is -0.309. The summed E-state index contributed by atoms with van der Waals surface area (Å²) >= 11 is 0. The molecule has 0 aliphatic rings. The lowest BCUT2D eigenvalue weighted by atomic mass is 10.1. The van der Waals surface area contributed by atoms with E-state index in [-0.39, 0.29) is 12.2 Å². The standard InChI is InChI=1S/C10H13FO2/c1-6-3-4-8(5-7(2)12)10(13)9(6)11/h3-4,7,12-13H,5H2,1-2H3. The smallest absolute Gasteiger partial charge is 0.167 e. The van der Waals surface area contributed by atoms with Crippen LogP contribution < -0.4 is 0 Å². The number of aryl methyl sites for hydroxylation is 1. The van der Waals surface area contributed by atoms with Crippen molar-refractivity contribution in [2.24, 2.45) is 0 Å². The number of benzene rings is 1. The number of halogens is 1. The molecule has 0 spiro atoms. The van der Waals surface area contributed by atoms with Crippen molar-refractivity contribution in [2.75, 3.05) is 0 Å². The fraction of sp³-hybridized carbons (Fsp3) is 0.400. The van der Waals surface area contributed by atoms with Gasteiger partial charge in [0.2, 0.25) is 0 Å². The van der Waals surface area contributed by atoms with Gasteiger partial charge >= 0.3 is 0 Å². The van der Waals surface area contributed by atoms with E-state index < -0.39 is 11.9 Å². The van der Waals surface area contributed by atoms with Crippen molar-refractivity contribution in [2.45, 2.75) is 26.4 Å². The highest BCUT2D eigenvalue weighted by Gasteiger charge is 2.10. The van der Waals surface area contributed by atoms with Crippen LogP contribution in [0, 0.1) is 12.7 Å². The third-order valence-electron chi connectivity index (χ3n) is 1.91. The van der Waals surface area contributed by atoms with Crippen molar-refractivity contribution >= 4 is 0 Å². The SMILES string of the molecule is Cc1ccc(CC(C)O)c(O)c1F. The summed E-state index contributed by atoms with van der Waals surface area (Å²) in [5.74, 6) is -0.945. The van der Waals surface area contributed by atoms with Gasteiger partial charge in [-0.1, -0.05) is 12.1 Å². The van der Waals surface area contributed by atoms with E-state index in [1.165, 1.54) is 0 Å². The summed E-state index contributed by atoms with van der Waals surface area (Å²) in [4.78, 5) is 0. The van der Waals surface area contributed by atoms with Crippen molar-refractivity contribution in [3.63, 3.8) is 0 Å². The zero-order chi connectivity index (χ0) is 10.0. The number of phenolic OH excluding ortho intramolecular Hbond substituents is 1. The molecule has 0 fully saturated rings. The highest BCUT2D eigenvalue weighted by Crippen LogP contribution is 2.24. The van der Waals surface area contributed by atoms with Crippen LogP contribution in [0.5, 0.6) is 5.75 Å². The molecule has 0 radical (unpaired) electrons. The molecule has 72 valence electrons. The third kappa shape index (κ3) is 2.18. The molecule has 0 saturated carbocycles. The lowest BCUT2D eigenvalue weighted by Gasteiger charge is -2.08. The predicted molar refractivity (Wildman–Crippen MR) is 48.2 cm³/mol. The highest BCUT2D eigenvalue weighted by molar-refractivity contribution is 5.38. The summed E-state index contributed by atoms with van der Waals surface area (Å²) in [5.41, 5.74) is 0.852. The van der Waals surface area contributed by atoms with Crippen molar-refractivity contribution in [1.82, 2.24) is 0 Å². The minimum absolute atomic E-state index is 0.267. The van der Waals surface area contributed by atoms with E-state index in [4.69, 9.17) is 5.11 Å². The van der Waals surface area contributed by atoms with Crippen LogP contribution in [0.15, 0.2) is 12.1 Å².